The Morgan fingerprint density at radius 1 is 0.765 bits per heavy atom. The first-order valence-electron chi connectivity index (χ1n) is 13.0. The van der Waals surface area contributed by atoms with E-state index in [2.05, 4.69) is 84.1 Å². The van der Waals surface area contributed by atoms with Crippen LogP contribution in [-0.4, -0.2) is 41.3 Å². The van der Waals surface area contributed by atoms with Gasteiger partial charge < -0.3 is 9.47 Å². The van der Waals surface area contributed by atoms with E-state index in [-0.39, 0.29) is 25.0 Å². The van der Waals surface area contributed by atoms with E-state index in [9.17, 15) is 9.59 Å². The van der Waals surface area contributed by atoms with Crippen LogP contribution in [0.1, 0.15) is 75.2 Å². The van der Waals surface area contributed by atoms with Crippen LogP contribution in [0.2, 0.25) is 36.3 Å². The Bertz CT molecular complexity index is 732. The monoisotopic (exact) mass is 506 g/mol. The molecule has 0 aliphatic rings. The minimum atomic E-state index is -1.79. The molecule has 0 heterocycles. The molecule has 0 N–H and O–H groups in total. The smallest absolute Gasteiger partial charge is 0.320 e. The molecule has 194 valence electrons. The summed E-state index contributed by atoms with van der Waals surface area (Å²) in [5.41, 5.74) is 8.98. The van der Waals surface area contributed by atoms with E-state index >= 15 is 0 Å². The first-order valence-corrected chi connectivity index (χ1v) is 18.7. The molecule has 0 saturated heterocycles. The lowest BCUT2D eigenvalue weighted by Crippen LogP contribution is -2.43. The minimum Gasteiger partial charge on any atom is -0.465 e. The molecule has 0 aliphatic heterocycles. The van der Waals surface area contributed by atoms with Gasteiger partial charge in [0.25, 0.3) is 0 Å². The van der Waals surface area contributed by atoms with Crippen molar-refractivity contribution < 1.29 is 19.1 Å². The zero-order valence-electron chi connectivity index (χ0n) is 23.9. The SMILES string of the molecule is CCOC(=O)C(C(=O)OCC)[C@@H](C)[C@H](C#C[Si](C)(C)C)CCC#C[Si](C(C)C)(C(C)C)C(C)C. The Labute approximate surface area is 212 Å². The molecule has 0 radical (unpaired) electrons. The number of carbonyl (C=O) groups is 2. The number of hydrogen-bond acceptors (Lipinski definition) is 4. The molecule has 0 unspecified atom stereocenters. The number of esters is 2. The maximum atomic E-state index is 12.7. The third-order valence-electron chi connectivity index (χ3n) is 6.63. The second-order valence-corrected chi connectivity index (χ2v) is 21.5. The summed E-state index contributed by atoms with van der Waals surface area (Å²) in [6.07, 6.45) is 1.42. The van der Waals surface area contributed by atoms with Crippen molar-refractivity contribution in [1.82, 2.24) is 0 Å². The Balaban J connectivity index is 6.07. The second kappa shape index (κ2) is 14.8. The molecule has 0 amide bonds. The normalized spacial score (nSPS) is 13.8. The Morgan fingerprint density at radius 3 is 1.56 bits per heavy atom. The molecule has 0 rings (SSSR count). The van der Waals surface area contributed by atoms with Gasteiger partial charge in [-0.15, -0.1) is 22.9 Å². The highest BCUT2D eigenvalue weighted by Gasteiger charge is 2.42. The highest BCUT2D eigenvalue weighted by molar-refractivity contribution is 6.90. The van der Waals surface area contributed by atoms with Crippen molar-refractivity contribution in [3.8, 4) is 22.9 Å². The number of ether oxygens (including phenoxy) is 2. The average molecular weight is 507 g/mol. The molecule has 0 aromatic rings. The number of hydrogen-bond donors (Lipinski definition) is 0. The fraction of sp³-hybridized carbons (Fsp3) is 0.786. The van der Waals surface area contributed by atoms with E-state index in [1.165, 1.54) is 0 Å². The standard InChI is InChI=1S/C28H50O4Si2/c1-13-31-27(29)26(28(30)32-14-2)24(9)25(18-20-33(10,11)12)17-15-16-19-34(21(3)4,22(5)6)23(7)8/h21-26H,13-15,17H2,1-12H3/t24-,25-/m0/s1. The quantitative estimate of drug-likeness (QED) is 0.133. The summed E-state index contributed by atoms with van der Waals surface area (Å²) in [6.45, 7) is 26.3. The molecule has 34 heavy (non-hydrogen) atoms. The third kappa shape index (κ3) is 9.63. The van der Waals surface area contributed by atoms with Crippen molar-refractivity contribution in [3.63, 3.8) is 0 Å². The molecule has 2 atom stereocenters. The van der Waals surface area contributed by atoms with Crippen LogP contribution in [0.3, 0.4) is 0 Å². The maximum Gasteiger partial charge on any atom is 0.320 e. The summed E-state index contributed by atoms with van der Waals surface area (Å²) in [4.78, 5) is 25.4. The first kappa shape index (κ1) is 32.5. The molecule has 0 aliphatic carbocycles. The predicted octanol–water partition coefficient (Wildman–Crippen LogP) is 6.86. The van der Waals surface area contributed by atoms with Gasteiger partial charge in [-0.25, -0.2) is 0 Å². The lowest BCUT2D eigenvalue weighted by molar-refractivity contribution is -0.164. The summed E-state index contributed by atoms with van der Waals surface area (Å²) < 4.78 is 10.5. The van der Waals surface area contributed by atoms with Crippen molar-refractivity contribution >= 4 is 28.1 Å². The molecule has 0 bridgehead atoms. The van der Waals surface area contributed by atoms with Crippen LogP contribution in [0.4, 0.5) is 0 Å². The topological polar surface area (TPSA) is 52.6 Å². The average Bonchev–Trinajstić information content (AvgIpc) is 2.68. The van der Waals surface area contributed by atoms with Gasteiger partial charge in [0, 0.05) is 12.3 Å². The molecule has 0 fully saturated rings. The fourth-order valence-corrected chi connectivity index (χ4v) is 10.8. The number of rotatable bonds is 11. The molecule has 6 heteroatoms. The van der Waals surface area contributed by atoms with Crippen molar-refractivity contribution in [2.75, 3.05) is 13.2 Å². The van der Waals surface area contributed by atoms with Gasteiger partial charge in [-0.2, -0.15) is 0 Å². The molecule has 4 nitrogen and oxygen atoms in total. The van der Waals surface area contributed by atoms with Crippen LogP contribution in [0.15, 0.2) is 0 Å². The van der Waals surface area contributed by atoms with Crippen molar-refractivity contribution in [1.29, 1.82) is 0 Å². The Morgan fingerprint density at radius 2 is 1.21 bits per heavy atom. The Kier molecular flexibility index (Phi) is 14.1. The highest BCUT2D eigenvalue weighted by atomic mass is 28.3. The predicted molar refractivity (Wildman–Crippen MR) is 149 cm³/mol. The zero-order chi connectivity index (χ0) is 26.7. The van der Waals surface area contributed by atoms with Gasteiger partial charge in [0.2, 0.25) is 0 Å². The number of carbonyl (C=O) groups excluding carboxylic acids is 2. The first-order chi connectivity index (χ1) is 15.6. The van der Waals surface area contributed by atoms with Crippen LogP contribution in [0.5, 0.6) is 0 Å². The van der Waals surface area contributed by atoms with Crippen LogP contribution in [-0.2, 0) is 19.1 Å². The van der Waals surface area contributed by atoms with Crippen LogP contribution in [0.25, 0.3) is 0 Å². The van der Waals surface area contributed by atoms with Crippen molar-refractivity contribution in [2.45, 2.75) is 111 Å². The van der Waals surface area contributed by atoms with Crippen molar-refractivity contribution in [3.05, 3.63) is 0 Å². The summed E-state index contributed by atoms with van der Waals surface area (Å²) >= 11 is 0. The molecular formula is C28H50O4Si2. The summed E-state index contributed by atoms with van der Waals surface area (Å²) in [5, 5.41) is 0. The lowest BCUT2D eigenvalue weighted by atomic mass is 9.81. The molecule has 0 aromatic carbocycles. The van der Waals surface area contributed by atoms with Gasteiger partial charge in [-0.1, -0.05) is 68.1 Å². The third-order valence-corrected chi connectivity index (χ3v) is 13.9. The summed E-state index contributed by atoms with van der Waals surface area (Å²) in [6, 6.07) is 0. The van der Waals surface area contributed by atoms with E-state index < -0.39 is 34.0 Å². The lowest BCUT2D eigenvalue weighted by Gasteiger charge is -2.38. The molecular weight excluding hydrogens is 456 g/mol. The zero-order valence-corrected chi connectivity index (χ0v) is 25.9. The van der Waals surface area contributed by atoms with Crippen LogP contribution in [0, 0.1) is 40.7 Å². The van der Waals surface area contributed by atoms with Gasteiger partial charge in [0.1, 0.15) is 16.1 Å². The largest absolute Gasteiger partial charge is 0.465 e. The van der Waals surface area contributed by atoms with Gasteiger partial charge in [0.15, 0.2) is 5.92 Å². The Hall–Kier alpha value is -1.51. The van der Waals surface area contributed by atoms with E-state index in [1.54, 1.807) is 13.8 Å². The van der Waals surface area contributed by atoms with E-state index in [4.69, 9.17) is 9.47 Å². The fourth-order valence-electron chi connectivity index (χ4n) is 4.87. The maximum absolute atomic E-state index is 12.7. The van der Waals surface area contributed by atoms with E-state index in [1.807, 2.05) is 6.92 Å². The summed E-state index contributed by atoms with van der Waals surface area (Å²) in [7, 11) is -3.42. The van der Waals surface area contributed by atoms with Gasteiger partial charge in [0.05, 0.1) is 13.2 Å². The highest BCUT2D eigenvalue weighted by Crippen LogP contribution is 2.40. The molecule has 0 saturated carbocycles. The molecule has 0 spiro atoms. The van der Waals surface area contributed by atoms with Crippen LogP contribution >= 0.6 is 0 Å². The molecule has 0 aromatic heterocycles. The van der Waals surface area contributed by atoms with Crippen molar-refractivity contribution in [2.24, 2.45) is 17.8 Å². The summed E-state index contributed by atoms with van der Waals surface area (Å²) in [5.74, 6) is 4.50. The van der Waals surface area contributed by atoms with Gasteiger partial charge in [-0.05, 0) is 42.8 Å². The minimum absolute atomic E-state index is 0.131. The van der Waals surface area contributed by atoms with E-state index in [0.717, 1.165) is 6.42 Å². The second-order valence-electron chi connectivity index (χ2n) is 11.2. The van der Waals surface area contributed by atoms with Gasteiger partial charge >= 0.3 is 11.9 Å². The van der Waals surface area contributed by atoms with Gasteiger partial charge in [-0.3, -0.25) is 9.59 Å². The van der Waals surface area contributed by atoms with E-state index in [0.29, 0.717) is 23.0 Å². The van der Waals surface area contributed by atoms with Crippen LogP contribution < -0.4 is 0 Å².